The highest BCUT2D eigenvalue weighted by molar-refractivity contribution is 9.10. The third kappa shape index (κ3) is 4.02. The molecule has 0 unspecified atom stereocenters. The first-order valence-corrected chi connectivity index (χ1v) is 8.58. The van der Waals surface area contributed by atoms with E-state index < -0.39 is 0 Å². The van der Waals surface area contributed by atoms with Gasteiger partial charge in [0, 0.05) is 12.1 Å². The summed E-state index contributed by atoms with van der Waals surface area (Å²) in [4.78, 5) is 11.9. The third-order valence-electron chi connectivity index (χ3n) is 3.59. The average Bonchev–Trinajstić information content (AvgIpc) is 3.16. The molecule has 0 aliphatic heterocycles. The number of aromatic nitrogens is 3. The van der Waals surface area contributed by atoms with Gasteiger partial charge in [0.25, 0.3) is 5.91 Å². The number of halogens is 1. The van der Waals surface area contributed by atoms with Gasteiger partial charge in [-0.05, 0) is 67.6 Å². The number of hydrogen-bond acceptors (Lipinski definition) is 4. The van der Waals surface area contributed by atoms with Gasteiger partial charge in [0.2, 0.25) is 0 Å². The van der Waals surface area contributed by atoms with Crippen molar-refractivity contribution in [1.29, 1.82) is 0 Å². The zero-order chi connectivity index (χ0) is 16.6. The number of amides is 1. The number of hydrogen-bond donors (Lipinski definition) is 1. The Morgan fingerprint density at radius 3 is 2.83 bits per heavy atom. The van der Waals surface area contributed by atoms with Gasteiger partial charge in [-0.15, -0.1) is 5.10 Å². The number of nitrogens with zero attached hydrogens (tertiary/aromatic N) is 3. The number of nitrogens with one attached hydrogen (secondary N) is 1. The Balaban J connectivity index is 1.72. The van der Waals surface area contributed by atoms with Crippen LogP contribution in [0.1, 0.15) is 33.6 Å². The van der Waals surface area contributed by atoms with Crippen LogP contribution in [-0.2, 0) is 11.3 Å². The molecule has 1 aliphatic carbocycles. The standard InChI is InChI=1S/C16H21BrN4O2/c1-16(2,3)18-13(22)9-23-12-7-6-11-15(14(12)17)19-20-21(11)8-10-4-5-10/h6-7,10H,4-5,8-9H2,1-3H3,(H,18,22). The Morgan fingerprint density at radius 1 is 1.43 bits per heavy atom. The minimum Gasteiger partial charge on any atom is -0.483 e. The molecule has 0 spiro atoms. The van der Waals surface area contributed by atoms with E-state index in [1.807, 2.05) is 37.6 Å². The summed E-state index contributed by atoms with van der Waals surface area (Å²) in [6.07, 6.45) is 2.54. The second-order valence-corrected chi connectivity index (χ2v) is 7.84. The van der Waals surface area contributed by atoms with E-state index >= 15 is 0 Å². The molecule has 3 rings (SSSR count). The van der Waals surface area contributed by atoms with Crippen molar-refractivity contribution >= 4 is 32.9 Å². The minimum absolute atomic E-state index is 0.0302. The van der Waals surface area contributed by atoms with Crippen LogP contribution in [-0.4, -0.2) is 33.0 Å². The molecule has 2 aromatic rings. The molecule has 1 saturated carbocycles. The predicted octanol–water partition coefficient (Wildman–Crippen LogP) is 2.90. The second kappa shape index (κ2) is 6.11. The number of rotatable bonds is 5. The summed E-state index contributed by atoms with van der Waals surface area (Å²) >= 11 is 3.52. The Labute approximate surface area is 143 Å². The molecule has 1 N–H and O–H groups in total. The van der Waals surface area contributed by atoms with Crippen molar-refractivity contribution < 1.29 is 9.53 Å². The SMILES string of the molecule is CC(C)(C)NC(=O)COc1ccc2c(nnn2CC2CC2)c1Br. The van der Waals surface area contributed by atoms with Crippen LogP contribution in [0.25, 0.3) is 11.0 Å². The van der Waals surface area contributed by atoms with Crippen LogP contribution in [0.4, 0.5) is 0 Å². The van der Waals surface area contributed by atoms with Crippen LogP contribution >= 0.6 is 15.9 Å². The highest BCUT2D eigenvalue weighted by atomic mass is 79.9. The predicted molar refractivity (Wildman–Crippen MR) is 91.3 cm³/mol. The molecule has 0 atom stereocenters. The van der Waals surface area contributed by atoms with Crippen LogP contribution in [0.15, 0.2) is 16.6 Å². The van der Waals surface area contributed by atoms with Crippen LogP contribution in [0.3, 0.4) is 0 Å². The fraction of sp³-hybridized carbons (Fsp3) is 0.562. The Bertz CT molecular complexity index is 731. The molecule has 1 aromatic carbocycles. The van der Waals surface area contributed by atoms with E-state index in [-0.39, 0.29) is 18.1 Å². The zero-order valence-electron chi connectivity index (χ0n) is 13.6. The maximum absolute atomic E-state index is 11.9. The van der Waals surface area contributed by atoms with Gasteiger partial charge in [-0.25, -0.2) is 4.68 Å². The summed E-state index contributed by atoms with van der Waals surface area (Å²) < 4.78 is 8.29. The number of ether oxygens (including phenoxy) is 1. The molecular formula is C16H21BrN4O2. The molecule has 6 nitrogen and oxygen atoms in total. The van der Waals surface area contributed by atoms with Crippen molar-refractivity contribution in [3.63, 3.8) is 0 Å². The Hall–Kier alpha value is -1.63. The summed E-state index contributed by atoms with van der Waals surface area (Å²) in [7, 11) is 0. The highest BCUT2D eigenvalue weighted by Crippen LogP contribution is 2.34. The fourth-order valence-corrected chi connectivity index (χ4v) is 2.90. The summed E-state index contributed by atoms with van der Waals surface area (Å²) in [5, 5.41) is 11.3. The summed E-state index contributed by atoms with van der Waals surface area (Å²) in [5.74, 6) is 1.18. The Morgan fingerprint density at radius 2 is 2.17 bits per heavy atom. The van der Waals surface area contributed by atoms with Gasteiger partial charge in [0.1, 0.15) is 11.3 Å². The van der Waals surface area contributed by atoms with E-state index in [1.54, 1.807) is 0 Å². The van der Waals surface area contributed by atoms with Gasteiger partial charge in [-0.2, -0.15) is 0 Å². The van der Waals surface area contributed by atoms with Crippen molar-refractivity contribution in [2.45, 2.75) is 45.7 Å². The lowest BCUT2D eigenvalue weighted by Crippen LogP contribution is -2.43. The average molecular weight is 381 g/mol. The van der Waals surface area contributed by atoms with Crippen LogP contribution < -0.4 is 10.1 Å². The lowest BCUT2D eigenvalue weighted by atomic mass is 10.1. The first-order valence-electron chi connectivity index (χ1n) is 7.79. The molecule has 124 valence electrons. The number of fused-ring (bicyclic) bond motifs is 1. The van der Waals surface area contributed by atoms with Gasteiger partial charge in [0.15, 0.2) is 6.61 Å². The topological polar surface area (TPSA) is 69.0 Å². The normalized spacial score (nSPS) is 15.0. The van der Waals surface area contributed by atoms with Crippen molar-refractivity contribution in [3.05, 3.63) is 16.6 Å². The smallest absolute Gasteiger partial charge is 0.258 e. The molecule has 1 amide bonds. The van der Waals surface area contributed by atoms with E-state index in [2.05, 4.69) is 31.6 Å². The lowest BCUT2D eigenvalue weighted by Gasteiger charge is -2.20. The lowest BCUT2D eigenvalue weighted by molar-refractivity contribution is -0.124. The monoisotopic (exact) mass is 380 g/mol. The molecule has 1 aromatic heterocycles. The van der Waals surface area contributed by atoms with Gasteiger partial charge in [0.05, 0.1) is 9.99 Å². The molecule has 0 saturated heterocycles. The quantitative estimate of drug-likeness (QED) is 0.865. The van der Waals surface area contributed by atoms with E-state index in [1.165, 1.54) is 12.8 Å². The summed E-state index contributed by atoms with van der Waals surface area (Å²) in [6.45, 7) is 6.69. The summed E-state index contributed by atoms with van der Waals surface area (Å²) in [6, 6.07) is 3.79. The molecular weight excluding hydrogens is 360 g/mol. The highest BCUT2D eigenvalue weighted by Gasteiger charge is 2.24. The first-order chi connectivity index (χ1) is 10.8. The van der Waals surface area contributed by atoms with E-state index in [0.717, 1.165) is 28.0 Å². The minimum atomic E-state index is -0.271. The molecule has 23 heavy (non-hydrogen) atoms. The first kappa shape index (κ1) is 16.2. The van der Waals surface area contributed by atoms with E-state index in [0.29, 0.717) is 5.75 Å². The molecule has 0 bridgehead atoms. The van der Waals surface area contributed by atoms with Crippen molar-refractivity contribution in [3.8, 4) is 5.75 Å². The fourth-order valence-electron chi connectivity index (χ4n) is 2.38. The maximum atomic E-state index is 11.9. The third-order valence-corrected chi connectivity index (χ3v) is 4.36. The van der Waals surface area contributed by atoms with Gasteiger partial charge in [-0.3, -0.25) is 4.79 Å². The largest absolute Gasteiger partial charge is 0.483 e. The summed E-state index contributed by atoms with van der Waals surface area (Å²) in [5.41, 5.74) is 1.47. The van der Waals surface area contributed by atoms with Crippen LogP contribution in [0.2, 0.25) is 0 Å². The molecule has 1 heterocycles. The second-order valence-electron chi connectivity index (χ2n) is 7.05. The molecule has 1 aliphatic rings. The van der Waals surface area contributed by atoms with Crippen LogP contribution in [0.5, 0.6) is 5.75 Å². The van der Waals surface area contributed by atoms with E-state index in [9.17, 15) is 4.79 Å². The van der Waals surface area contributed by atoms with Crippen molar-refractivity contribution in [2.75, 3.05) is 6.61 Å². The number of carbonyl (C=O) groups excluding carboxylic acids is 1. The van der Waals surface area contributed by atoms with Crippen LogP contribution in [0, 0.1) is 5.92 Å². The van der Waals surface area contributed by atoms with E-state index in [4.69, 9.17) is 4.74 Å². The van der Waals surface area contributed by atoms with Gasteiger partial charge >= 0.3 is 0 Å². The molecule has 1 fully saturated rings. The Kier molecular flexibility index (Phi) is 4.31. The van der Waals surface area contributed by atoms with Gasteiger partial charge in [-0.1, -0.05) is 5.21 Å². The number of carbonyl (C=O) groups is 1. The number of benzene rings is 1. The van der Waals surface area contributed by atoms with Crippen molar-refractivity contribution in [1.82, 2.24) is 20.3 Å². The molecule has 0 radical (unpaired) electrons. The maximum Gasteiger partial charge on any atom is 0.258 e. The van der Waals surface area contributed by atoms with Crippen molar-refractivity contribution in [2.24, 2.45) is 5.92 Å². The molecule has 7 heteroatoms. The van der Waals surface area contributed by atoms with Gasteiger partial charge < -0.3 is 10.1 Å². The zero-order valence-corrected chi connectivity index (χ0v) is 15.2.